The Balaban J connectivity index is 1.99. The maximum absolute atomic E-state index is 4.15. The van der Waals surface area contributed by atoms with Crippen molar-refractivity contribution in [2.75, 3.05) is 6.54 Å². The number of hydrogen-bond donors (Lipinski definition) is 1. The van der Waals surface area contributed by atoms with Gasteiger partial charge in [0.15, 0.2) is 0 Å². The summed E-state index contributed by atoms with van der Waals surface area (Å²) in [4.78, 5) is 1.35. The van der Waals surface area contributed by atoms with Gasteiger partial charge < -0.3 is 5.32 Å². The second-order valence-electron chi connectivity index (χ2n) is 5.12. The van der Waals surface area contributed by atoms with Gasteiger partial charge in [-0.1, -0.05) is 37.1 Å². The molecule has 1 unspecified atom stereocenters. The summed E-state index contributed by atoms with van der Waals surface area (Å²) in [5.74, 6) is 0.908. The lowest BCUT2D eigenvalue weighted by atomic mass is 9.97. The Morgan fingerprint density at radius 3 is 2.76 bits per heavy atom. The van der Waals surface area contributed by atoms with Crippen LogP contribution in [-0.2, 0) is 0 Å². The molecule has 0 radical (unpaired) electrons. The van der Waals surface area contributed by atoms with Crippen LogP contribution in [-0.4, -0.2) is 16.1 Å². The normalized spacial score (nSPS) is 18.7. The van der Waals surface area contributed by atoms with E-state index in [2.05, 4.69) is 28.8 Å². The summed E-state index contributed by atoms with van der Waals surface area (Å²) in [6, 6.07) is 0.484. The maximum Gasteiger partial charge on any atom is 0.0772 e. The smallest absolute Gasteiger partial charge is 0.0772 e. The minimum Gasteiger partial charge on any atom is -0.309 e. The van der Waals surface area contributed by atoms with Crippen molar-refractivity contribution in [2.24, 2.45) is 5.92 Å². The predicted octanol–water partition coefficient (Wildman–Crippen LogP) is 3.47. The van der Waals surface area contributed by atoms with E-state index in [-0.39, 0.29) is 0 Å². The van der Waals surface area contributed by atoms with E-state index in [9.17, 15) is 0 Å². The van der Waals surface area contributed by atoms with Crippen LogP contribution in [0.2, 0.25) is 0 Å². The van der Waals surface area contributed by atoms with Gasteiger partial charge in [0.25, 0.3) is 0 Å². The van der Waals surface area contributed by atoms with E-state index < -0.39 is 0 Å². The topological polar surface area (TPSA) is 37.8 Å². The van der Waals surface area contributed by atoms with Crippen molar-refractivity contribution in [1.82, 2.24) is 14.9 Å². The Morgan fingerprint density at radius 2 is 2.18 bits per heavy atom. The van der Waals surface area contributed by atoms with Crippen molar-refractivity contribution in [2.45, 2.75) is 58.4 Å². The van der Waals surface area contributed by atoms with Crippen LogP contribution in [0.4, 0.5) is 0 Å². The average Bonchev–Trinajstić information content (AvgIpc) is 2.95. The molecular formula is C13H23N3S. The van der Waals surface area contributed by atoms with Gasteiger partial charge in [-0.25, -0.2) is 0 Å². The summed E-state index contributed by atoms with van der Waals surface area (Å²) in [6.45, 7) is 5.39. The first-order valence-electron chi connectivity index (χ1n) is 6.83. The summed E-state index contributed by atoms with van der Waals surface area (Å²) in [5, 5.41) is 7.82. The molecular weight excluding hydrogens is 230 g/mol. The summed E-state index contributed by atoms with van der Waals surface area (Å²) >= 11 is 1.57. The van der Waals surface area contributed by atoms with Crippen molar-refractivity contribution in [3.8, 4) is 0 Å². The van der Waals surface area contributed by atoms with Crippen LogP contribution in [0.5, 0.6) is 0 Å². The van der Waals surface area contributed by atoms with Gasteiger partial charge >= 0.3 is 0 Å². The zero-order valence-corrected chi connectivity index (χ0v) is 11.7. The van der Waals surface area contributed by atoms with Crippen molar-refractivity contribution in [3.63, 3.8) is 0 Å². The molecule has 0 amide bonds. The summed E-state index contributed by atoms with van der Waals surface area (Å²) in [7, 11) is 0. The van der Waals surface area contributed by atoms with Gasteiger partial charge in [-0.2, -0.15) is 0 Å². The van der Waals surface area contributed by atoms with E-state index in [1.807, 2.05) is 0 Å². The minimum absolute atomic E-state index is 0.484. The third-order valence-corrected chi connectivity index (χ3v) is 4.63. The predicted molar refractivity (Wildman–Crippen MR) is 72.3 cm³/mol. The molecule has 0 bridgehead atoms. The number of hydrogen-bond acceptors (Lipinski definition) is 4. The number of nitrogens with one attached hydrogen (secondary N) is 1. The fraction of sp³-hybridized carbons (Fsp3) is 0.846. The molecule has 1 saturated carbocycles. The van der Waals surface area contributed by atoms with E-state index in [1.165, 1.54) is 43.4 Å². The molecule has 1 heterocycles. The van der Waals surface area contributed by atoms with E-state index in [0.717, 1.165) is 18.2 Å². The van der Waals surface area contributed by atoms with Crippen LogP contribution in [0, 0.1) is 12.8 Å². The fourth-order valence-electron chi connectivity index (χ4n) is 2.74. The molecule has 1 N–H and O–H groups in total. The third kappa shape index (κ3) is 3.49. The SMILES string of the molecule is CCCNC(CC1CCCC1)c1snnc1C. The number of nitrogens with zero attached hydrogens (tertiary/aromatic N) is 2. The summed E-state index contributed by atoms with van der Waals surface area (Å²) in [6.07, 6.45) is 8.12. The molecule has 3 nitrogen and oxygen atoms in total. The number of aromatic nitrogens is 2. The van der Waals surface area contributed by atoms with Crippen LogP contribution < -0.4 is 5.32 Å². The quantitative estimate of drug-likeness (QED) is 0.843. The fourth-order valence-corrected chi connectivity index (χ4v) is 3.47. The van der Waals surface area contributed by atoms with E-state index >= 15 is 0 Å². The monoisotopic (exact) mass is 253 g/mol. The highest BCUT2D eigenvalue weighted by atomic mass is 32.1. The first kappa shape index (κ1) is 13.0. The van der Waals surface area contributed by atoms with Gasteiger partial charge in [-0.05, 0) is 43.8 Å². The molecule has 2 rings (SSSR count). The molecule has 1 aromatic rings. The Kier molecular flexibility index (Phi) is 4.92. The van der Waals surface area contributed by atoms with Crippen LogP contribution in [0.3, 0.4) is 0 Å². The molecule has 1 fully saturated rings. The molecule has 17 heavy (non-hydrogen) atoms. The zero-order valence-electron chi connectivity index (χ0n) is 10.9. The van der Waals surface area contributed by atoms with Crippen LogP contribution >= 0.6 is 11.5 Å². The minimum atomic E-state index is 0.484. The van der Waals surface area contributed by atoms with Crippen LogP contribution in [0.15, 0.2) is 0 Å². The largest absolute Gasteiger partial charge is 0.309 e. The molecule has 1 aliphatic carbocycles. The number of rotatable bonds is 6. The second-order valence-corrected chi connectivity index (χ2v) is 5.90. The van der Waals surface area contributed by atoms with E-state index in [1.54, 1.807) is 11.5 Å². The Bertz CT molecular complexity index is 331. The Morgan fingerprint density at radius 1 is 1.41 bits per heavy atom. The first-order valence-corrected chi connectivity index (χ1v) is 7.60. The van der Waals surface area contributed by atoms with Crippen molar-refractivity contribution >= 4 is 11.5 Å². The molecule has 1 aliphatic rings. The van der Waals surface area contributed by atoms with E-state index in [4.69, 9.17) is 0 Å². The van der Waals surface area contributed by atoms with Gasteiger partial charge in [0.05, 0.1) is 10.6 Å². The molecule has 1 aromatic heterocycles. The lowest BCUT2D eigenvalue weighted by Crippen LogP contribution is -2.24. The lowest BCUT2D eigenvalue weighted by molar-refractivity contribution is 0.398. The van der Waals surface area contributed by atoms with Crippen LogP contribution in [0.25, 0.3) is 0 Å². The van der Waals surface area contributed by atoms with Crippen molar-refractivity contribution < 1.29 is 0 Å². The molecule has 0 spiro atoms. The molecule has 1 atom stereocenters. The molecule has 0 aliphatic heterocycles. The third-order valence-electron chi connectivity index (χ3n) is 3.69. The van der Waals surface area contributed by atoms with Crippen molar-refractivity contribution in [1.29, 1.82) is 0 Å². The van der Waals surface area contributed by atoms with Gasteiger partial charge in [0, 0.05) is 6.04 Å². The summed E-state index contributed by atoms with van der Waals surface area (Å²) < 4.78 is 4.08. The summed E-state index contributed by atoms with van der Waals surface area (Å²) in [5.41, 5.74) is 1.11. The van der Waals surface area contributed by atoms with Gasteiger partial charge in [-0.3, -0.25) is 0 Å². The molecule has 4 heteroatoms. The highest BCUT2D eigenvalue weighted by Gasteiger charge is 2.23. The zero-order chi connectivity index (χ0) is 12.1. The van der Waals surface area contributed by atoms with Gasteiger partial charge in [0.1, 0.15) is 0 Å². The molecule has 0 saturated heterocycles. The number of aryl methyl sites for hydroxylation is 1. The highest BCUT2D eigenvalue weighted by Crippen LogP contribution is 2.34. The van der Waals surface area contributed by atoms with Crippen LogP contribution in [0.1, 0.15) is 62.1 Å². The van der Waals surface area contributed by atoms with Crippen molar-refractivity contribution in [3.05, 3.63) is 10.6 Å². The average molecular weight is 253 g/mol. The van der Waals surface area contributed by atoms with Gasteiger partial charge in [0.2, 0.25) is 0 Å². The first-order chi connectivity index (χ1) is 8.31. The Labute approximate surface area is 108 Å². The second kappa shape index (κ2) is 6.45. The lowest BCUT2D eigenvalue weighted by Gasteiger charge is -2.20. The molecule has 0 aromatic carbocycles. The Hall–Kier alpha value is -0.480. The highest BCUT2D eigenvalue weighted by molar-refractivity contribution is 7.05. The van der Waals surface area contributed by atoms with E-state index in [0.29, 0.717) is 6.04 Å². The standard InChI is InChI=1S/C13H23N3S/c1-3-8-14-12(9-11-6-4-5-7-11)13-10(2)15-16-17-13/h11-12,14H,3-9H2,1-2H3. The maximum atomic E-state index is 4.15. The molecule has 96 valence electrons. The van der Waals surface area contributed by atoms with Gasteiger partial charge in [-0.15, -0.1) is 5.10 Å².